The Morgan fingerprint density at radius 2 is 1.95 bits per heavy atom. The van der Waals surface area contributed by atoms with Crippen LogP contribution < -0.4 is 19.7 Å². The quantitative estimate of drug-likeness (QED) is 0.839. The van der Waals surface area contributed by atoms with Crippen LogP contribution in [0, 0.1) is 0 Å². The highest BCUT2D eigenvalue weighted by molar-refractivity contribution is 5.39. The first-order chi connectivity index (χ1) is 10.8. The maximum atomic E-state index is 5.08. The van der Waals surface area contributed by atoms with E-state index in [0.717, 1.165) is 25.3 Å². The highest BCUT2D eigenvalue weighted by Gasteiger charge is 2.25. The molecule has 1 aliphatic rings. The van der Waals surface area contributed by atoms with Gasteiger partial charge in [0.05, 0.1) is 14.2 Å². The molecule has 9 heteroatoms. The van der Waals surface area contributed by atoms with E-state index in [9.17, 15) is 0 Å². The molecule has 0 amide bonds. The van der Waals surface area contributed by atoms with E-state index in [4.69, 9.17) is 9.47 Å². The summed E-state index contributed by atoms with van der Waals surface area (Å²) in [6.07, 6.45) is 4.20. The van der Waals surface area contributed by atoms with Crippen LogP contribution in [-0.4, -0.2) is 58.3 Å². The number of nitrogens with zero attached hydrogens (tertiary/aromatic N) is 6. The van der Waals surface area contributed by atoms with Crippen LogP contribution in [0.25, 0.3) is 0 Å². The van der Waals surface area contributed by atoms with Crippen molar-refractivity contribution in [2.75, 3.05) is 37.5 Å². The van der Waals surface area contributed by atoms with Gasteiger partial charge in [0.15, 0.2) is 0 Å². The molecule has 0 saturated carbocycles. The minimum atomic E-state index is 0.244. The van der Waals surface area contributed by atoms with Crippen molar-refractivity contribution in [1.29, 1.82) is 0 Å². The lowest BCUT2D eigenvalue weighted by atomic mass is 10.2. The molecule has 2 aromatic heterocycles. The first-order valence-corrected chi connectivity index (χ1v) is 6.90. The van der Waals surface area contributed by atoms with Gasteiger partial charge >= 0.3 is 12.0 Å². The van der Waals surface area contributed by atoms with Crippen molar-refractivity contribution in [1.82, 2.24) is 24.9 Å². The zero-order chi connectivity index (χ0) is 15.4. The standard InChI is InChI=1S/C13H17N7O2/c1-21-12-17-11(18-13(19-12)22-2)20-6-4-9(7-20)16-10-3-5-14-8-15-10/h3,5,8-9H,4,6-7H2,1-2H3,(H,14,15,16). The fraction of sp³-hybridized carbons (Fsp3) is 0.462. The van der Waals surface area contributed by atoms with Crippen molar-refractivity contribution < 1.29 is 9.47 Å². The molecule has 3 heterocycles. The van der Waals surface area contributed by atoms with Crippen LogP contribution in [0.2, 0.25) is 0 Å². The zero-order valence-electron chi connectivity index (χ0n) is 12.4. The van der Waals surface area contributed by atoms with Crippen LogP contribution in [-0.2, 0) is 0 Å². The molecule has 2 aromatic rings. The molecule has 22 heavy (non-hydrogen) atoms. The van der Waals surface area contributed by atoms with E-state index in [1.165, 1.54) is 20.5 Å². The summed E-state index contributed by atoms with van der Waals surface area (Å²) in [5.41, 5.74) is 0. The molecule has 1 atom stereocenters. The molecule has 0 aromatic carbocycles. The predicted octanol–water partition coefficient (Wildman–Crippen LogP) is 0.370. The van der Waals surface area contributed by atoms with Crippen molar-refractivity contribution in [2.24, 2.45) is 0 Å². The second kappa shape index (κ2) is 6.37. The SMILES string of the molecule is COc1nc(OC)nc(N2CCC(Nc3ccncn3)C2)n1. The first-order valence-electron chi connectivity index (χ1n) is 6.90. The Morgan fingerprint density at radius 3 is 2.59 bits per heavy atom. The number of anilines is 2. The van der Waals surface area contributed by atoms with Crippen LogP contribution in [0.5, 0.6) is 12.0 Å². The number of rotatable bonds is 5. The van der Waals surface area contributed by atoms with E-state index in [0.29, 0.717) is 5.95 Å². The van der Waals surface area contributed by atoms with Crippen molar-refractivity contribution in [2.45, 2.75) is 12.5 Å². The van der Waals surface area contributed by atoms with Crippen LogP contribution in [0.1, 0.15) is 6.42 Å². The number of aromatic nitrogens is 5. The van der Waals surface area contributed by atoms with Gasteiger partial charge in [-0.15, -0.1) is 4.98 Å². The molecular weight excluding hydrogens is 286 g/mol. The lowest BCUT2D eigenvalue weighted by Gasteiger charge is -2.17. The Morgan fingerprint density at radius 1 is 1.18 bits per heavy atom. The Bertz CT molecular complexity index is 603. The maximum Gasteiger partial charge on any atom is 0.324 e. The van der Waals surface area contributed by atoms with Crippen LogP contribution in [0.4, 0.5) is 11.8 Å². The maximum absolute atomic E-state index is 5.08. The normalized spacial score (nSPS) is 17.4. The van der Waals surface area contributed by atoms with Crippen LogP contribution in [0.3, 0.4) is 0 Å². The second-order valence-corrected chi connectivity index (χ2v) is 4.78. The molecule has 0 aliphatic carbocycles. The molecule has 0 bridgehead atoms. The third kappa shape index (κ3) is 3.13. The van der Waals surface area contributed by atoms with Crippen molar-refractivity contribution in [3.05, 3.63) is 18.6 Å². The van der Waals surface area contributed by atoms with Gasteiger partial charge < -0.3 is 19.7 Å². The fourth-order valence-electron chi connectivity index (χ4n) is 2.30. The van der Waals surface area contributed by atoms with Gasteiger partial charge in [-0.1, -0.05) is 0 Å². The van der Waals surface area contributed by atoms with E-state index in [1.807, 2.05) is 6.07 Å². The van der Waals surface area contributed by atoms with E-state index in [-0.39, 0.29) is 18.1 Å². The van der Waals surface area contributed by atoms with Crippen LogP contribution in [0.15, 0.2) is 18.6 Å². The van der Waals surface area contributed by atoms with E-state index in [1.54, 1.807) is 6.20 Å². The largest absolute Gasteiger partial charge is 0.467 e. The third-order valence-electron chi connectivity index (χ3n) is 3.35. The summed E-state index contributed by atoms with van der Waals surface area (Å²) in [5.74, 6) is 1.36. The molecule has 9 nitrogen and oxygen atoms in total. The van der Waals surface area contributed by atoms with Gasteiger partial charge in [0.2, 0.25) is 5.95 Å². The van der Waals surface area contributed by atoms with Gasteiger partial charge in [-0.25, -0.2) is 9.97 Å². The monoisotopic (exact) mass is 303 g/mol. The number of hydrogen-bond acceptors (Lipinski definition) is 9. The Hall–Kier alpha value is -2.71. The summed E-state index contributed by atoms with van der Waals surface area (Å²) in [4.78, 5) is 22.7. The van der Waals surface area contributed by atoms with Crippen molar-refractivity contribution >= 4 is 11.8 Å². The highest BCUT2D eigenvalue weighted by atomic mass is 16.5. The summed E-state index contributed by atoms with van der Waals surface area (Å²) >= 11 is 0. The Balaban J connectivity index is 1.69. The van der Waals surface area contributed by atoms with Crippen LogP contribution >= 0.6 is 0 Å². The predicted molar refractivity (Wildman–Crippen MR) is 79.2 cm³/mol. The summed E-state index contributed by atoms with van der Waals surface area (Å²) in [5, 5.41) is 3.37. The highest BCUT2D eigenvalue weighted by Crippen LogP contribution is 2.21. The third-order valence-corrected chi connectivity index (χ3v) is 3.35. The van der Waals surface area contributed by atoms with Gasteiger partial charge in [0, 0.05) is 25.3 Å². The summed E-state index contributed by atoms with van der Waals surface area (Å²) in [7, 11) is 3.03. The lowest BCUT2D eigenvalue weighted by molar-refractivity contribution is 0.340. The molecule has 1 saturated heterocycles. The zero-order valence-corrected chi connectivity index (χ0v) is 12.4. The molecule has 3 rings (SSSR count). The number of ether oxygens (including phenoxy) is 2. The van der Waals surface area contributed by atoms with Gasteiger partial charge in [-0.3, -0.25) is 0 Å². The van der Waals surface area contributed by atoms with E-state index in [2.05, 4.69) is 35.1 Å². The van der Waals surface area contributed by atoms with E-state index >= 15 is 0 Å². The summed E-state index contributed by atoms with van der Waals surface area (Å²) in [6, 6.07) is 2.60. The number of nitrogens with one attached hydrogen (secondary N) is 1. The average molecular weight is 303 g/mol. The topological polar surface area (TPSA) is 98.2 Å². The molecule has 1 N–H and O–H groups in total. The van der Waals surface area contributed by atoms with E-state index < -0.39 is 0 Å². The van der Waals surface area contributed by atoms with Gasteiger partial charge in [-0.2, -0.15) is 9.97 Å². The molecule has 1 fully saturated rings. The van der Waals surface area contributed by atoms with Gasteiger partial charge in [0.25, 0.3) is 0 Å². The minimum Gasteiger partial charge on any atom is -0.467 e. The lowest BCUT2D eigenvalue weighted by Crippen LogP contribution is -2.27. The molecule has 0 radical (unpaired) electrons. The smallest absolute Gasteiger partial charge is 0.324 e. The molecule has 0 spiro atoms. The molecule has 1 aliphatic heterocycles. The molecule has 1 unspecified atom stereocenters. The number of methoxy groups -OCH3 is 2. The summed E-state index contributed by atoms with van der Waals surface area (Å²) < 4.78 is 10.2. The number of hydrogen-bond donors (Lipinski definition) is 1. The Labute approximate surface area is 127 Å². The average Bonchev–Trinajstić information content (AvgIpc) is 3.03. The first kappa shape index (κ1) is 14.2. The summed E-state index contributed by atoms with van der Waals surface area (Å²) in [6.45, 7) is 1.60. The Kier molecular flexibility index (Phi) is 4.12. The van der Waals surface area contributed by atoms with Crippen molar-refractivity contribution in [3.63, 3.8) is 0 Å². The fourth-order valence-corrected chi connectivity index (χ4v) is 2.30. The second-order valence-electron chi connectivity index (χ2n) is 4.78. The van der Waals surface area contributed by atoms with Crippen molar-refractivity contribution in [3.8, 4) is 12.0 Å². The minimum absolute atomic E-state index is 0.244. The van der Waals surface area contributed by atoms with Gasteiger partial charge in [-0.05, 0) is 12.5 Å². The molecule has 116 valence electrons. The van der Waals surface area contributed by atoms with Gasteiger partial charge in [0.1, 0.15) is 12.1 Å². The molecular formula is C13H17N7O2.